The Bertz CT molecular complexity index is 1320. The molecule has 0 aliphatic rings. The molecule has 0 aliphatic carbocycles. The van der Waals surface area contributed by atoms with E-state index in [0.29, 0.717) is 34.3 Å². The third-order valence-electron chi connectivity index (χ3n) is 4.98. The largest absolute Gasteiger partial charge is 0.366 e. The Hall–Kier alpha value is -3.59. The summed E-state index contributed by atoms with van der Waals surface area (Å²) in [6.45, 7) is 6.10. The maximum Gasteiger partial charge on any atom is 0.267 e. The van der Waals surface area contributed by atoms with Gasteiger partial charge in [-0.15, -0.1) is 11.3 Å². The average molecular weight is 420 g/mol. The summed E-state index contributed by atoms with van der Waals surface area (Å²) in [6, 6.07) is 7.03. The van der Waals surface area contributed by atoms with Gasteiger partial charge in [0, 0.05) is 27.6 Å². The Morgan fingerprint density at radius 2 is 1.77 bits per heavy atom. The van der Waals surface area contributed by atoms with Crippen LogP contribution in [0.2, 0.25) is 0 Å². The molecule has 30 heavy (non-hydrogen) atoms. The minimum Gasteiger partial charge on any atom is -0.366 e. The fourth-order valence-corrected chi connectivity index (χ4v) is 4.34. The molecule has 4 aromatic rings. The van der Waals surface area contributed by atoms with Crippen LogP contribution in [0.3, 0.4) is 0 Å². The van der Waals surface area contributed by atoms with Crippen LogP contribution in [0.4, 0.5) is 0 Å². The smallest absolute Gasteiger partial charge is 0.267 e. The number of nitrogens with two attached hydrogens (primary N) is 2. The highest BCUT2D eigenvalue weighted by Crippen LogP contribution is 2.36. The van der Waals surface area contributed by atoms with Crippen LogP contribution in [0.25, 0.3) is 22.0 Å². The summed E-state index contributed by atoms with van der Waals surface area (Å²) in [4.78, 5) is 33.8. The predicted molar refractivity (Wildman–Crippen MR) is 115 cm³/mol. The van der Waals surface area contributed by atoms with Gasteiger partial charge >= 0.3 is 0 Å². The standard InChI is InChI=1S/C21H20N6O2S/c1-10-16(11(2)27(26-10)8-13-9-30-12(3)24-13)18-17(20(22)28)14-6-4-5-7-15(14)25-19(18)21(23)29/h4-7,9H,8H2,1-3H3,(H2,22,28)(H2,23,29). The van der Waals surface area contributed by atoms with E-state index >= 15 is 0 Å². The summed E-state index contributed by atoms with van der Waals surface area (Å²) in [5.41, 5.74) is 15.3. The van der Waals surface area contributed by atoms with Crippen LogP contribution < -0.4 is 11.5 Å². The zero-order chi connectivity index (χ0) is 21.6. The summed E-state index contributed by atoms with van der Waals surface area (Å²) in [5, 5.41) is 8.13. The van der Waals surface area contributed by atoms with Crippen LogP contribution in [0, 0.1) is 20.8 Å². The lowest BCUT2D eigenvalue weighted by Crippen LogP contribution is -2.21. The number of aryl methyl sites for hydroxylation is 2. The molecule has 0 saturated carbocycles. The number of fused-ring (bicyclic) bond motifs is 1. The summed E-state index contributed by atoms with van der Waals surface area (Å²) in [7, 11) is 0. The van der Waals surface area contributed by atoms with E-state index in [-0.39, 0.29) is 11.3 Å². The molecule has 0 radical (unpaired) electrons. The summed E-state index contributed by atoms with van der Waals surface area (Å²) in [6.07, 6.45) is 0. The molecule has 3 heterocycles. The molecule has 0 bridgehead atoms. The van der Waals surface area contributed by atoms with Crippen molar-refractivity contribution < 1.29 is 9.59 Å². The number of pyridine rings is 1. The maximum absolute atomic E-state index is 12.5. The zero-order valence-electron chi connectivity index (χ0n) is 16.8. The molecular formula is C21H20N6O2S. The van der Waals surface area contributed by atoms with Gasteiger partial charge in [0.1, 0.15) is 5.69 Å². The van der Waals surface area contributed by atoms with Crippen LogP contribution in [0.1, 0.15) is 42.9 Å². The number of aromatic nitrogens is 4. The van der Waals surface area contributed by atoms with Gasteiger partial charge in [-0.2, -0.15) is 5.10 Å². The van der Waals surface area contributed by atoms with Crippen LogP contribution in [-0.2, 0) is 6.54 Å². The van der Waals surface area contributed by atoms with Crippen molar-refractivity contribution >= 4 is 34.1 Å². The summed E-state index contributed by atoms with van der Waals surface area (Å²) < 4.78 is 1.80. The van der Waals surface area contributed by atoms with Crippen molar-refractivity contribution in [3.8, 4) is 11.1 Å². The van der Waals surface area contributed by atoms with E-state index < -0.39 is 11.8 Å². The first-order valence-electron chi connectivity index (χ1n) is 9.25. The van der Waals surface area contributed by atoms with E-state index in [4.69, 9.17) is 11.5 Å². The van der Waals surface area contributed by atoms with Crippen molar-refractivity contribution in [2.45, 2.75) is 27.3 Å². The fraction of sp³-hybridized carbons (Fsp3) is 0.190. The van der Waals surface area contributed by atoms with Gasteiger partial charge in [-0.1, -0.05) is 18.2 Å². The molecule has 0 spiro atoms. The lowest BCUT2D eigenvalue weighted by Gasteiger charge is -2.14. The second kappa shape index (κ2) is 7.34. The molecule has 4 rings (SSSR count). The van der Waals surface area contributed by atoms with Crippen molar-refractivity contribution in [1.82, 2.24) is 19.7 Å². The molecule has 9 heteroatoms. The van der Waals surface area contributed by atoms with Crippen molar-refractivity contribution in [2.24, 2.45) is 11.5 Å². The van der Waals surface area contributed by atoms with Gasteiger partial charge in [-0.25, -0.2) is 9.97 Å². The number of hydrogen-bond donors (Lipinski definition) is 2. The number of amides is 2. The van der Waals surface area contributed by atoms with Gasteiger partial charge in [0.2, 0.25) is 5.91 Å². The van der Waals surface area contributed by atoms with Gasteiger partial charge in [-0.3, -0.25) is 14.3 Å². The quantitative estimate of drug-likeness (QED) is 0.513. The van der Waals surface area contributed by atoms with Crippen molar-refractivity contribution in [3.63, 3.8) is 0 Å². The number of para-hydroxylation sites is 1. The zero-order valence-corrected chi connectivity index (χ0v) is 17.6. The molecule has 0 aliphatic heterocycles. The van der Waals surface area contributed by atoms with Gasteiger partial charge in [0.25, 0.3) is 5.91 Å². The Morgan fingerprint density at radius 3 is 2.40 bits per heavy atom. The Morgan fingerprint density at radius 1 is 1.03 bits per heavy atom. The molecule has 8 nitrogen and oxygen atoms in total. The SMILES string of the molecule is Cc1nc(Cn2nc(C)c(-c3c(C(N)=O)nc4ccccc4c3C(N)=O)c2C)cs1. The topological polar surface area (TPSA) is 130 Å². The van der Waals surface area contributed by atoms with Gasteiger partial charge in [0.15, 0.2) is 0 Å². The predicted octanol–water partition coefficient (Wildman–Crippen LogP) is 2.73. The molecule has 4 N–H and O–H groups in total. The molecule has 2 amide bonds. The number of thiazole rings is 1. The van der Waals surface area contributed by atoms with E-state index in [9.17, 15) is 9.59 Å². The minimum atomic E-state index is -0.736. The number of benzene rings is 1. The molecule has 152 valence electrons. The normalized spacial score (nSPS) is 11.2. The van der Waals surface area contributed by atoms with Crippen LogP contribution in [-0.4, -0.2) is 31.6 Å². The number of rotatable bonds is 5. The Kier molecular flexibility index (Phi) is 4.83. The molecule has 0 unspecified atom stereocenters. The number of primary amides is 2. The first-order chi connectivity index (χ1) is 14.3. The highest BCUT2D eigenvalue weighted by atomic mass is 32.1. The van der Waals surface area contributed by atoms with Crippen LogP contribution >= 0.6 is 11.3 Å². The molecule has 0 atom stereocenters. The number of hydrogen-bond acceptors (Lipinski definition) is 6. The van der Waals surface area contributed by atoms with Crippen LogP contribution in [0.5, 0.6) is 0 Å². The highest BCUT2D eigenvalue weighted by molar-refractivity contribution is 7.09. The third-order valence-corrected chi connectivity index (χ3v) is 5.80. The maximum atomic E-state index is 12.5. The van der Waals surface area contributed by atoms with Crippen molar-refractivity contribution in [2.75, 3.05) is 0 Å². The van der Waals surface area contributed by atoms with Crippen LogP contribution in [0.15, 0.2) is 29.6 Å². The van der Waals surface area contributed by atoms with E-state index in [0.717, 1.165) is 16.4 Å². The van der Waals surface area contributed by atoms with E-state index in [1.807, 2.05) is 26.2 Å². The Labute approximate surface area is 176 Å². The third kappa shape index (κ3) is 3.22. The van der Waals surface area contributed by atoms with Crippen molar-refractivity contribution in [3.05, 3.63) is 63.0 Å². The number of carbonyl (C=O) groups excluding carboxylic acids is 2. The van der Waals surface area contributed by atoms with Gasteiger partial charge in [0.05, 0.1) is 34.0 Å². The van der Waals surface area contributed by atoms with Gasteiger partial charge in [-0.05, 0) is 26.8 Å². The van der Waals surface area contributed by atoms with E-state index in [1.54, 1.807) is 40.3 Å². The number of carbonyl (C=O) groups is 2. The van der Waals surface area contributed by atoms with Crippen molar-refractivity contribution in [1.29, 1.82) is 0 Å². The summed E-state index contributed by atoms with van der Waals surface area (Å²) in [5.74, 6) is -1.40. The monoisotopic (exact) mass is 420 g/mol. The van der Waals surface area contributed by atoms with E-state index in [1.165, 1.54) is 0 Å². The Balaban J connectivity index is 2.01. The van der Waals surface area contributed by atoms with Gasteiger partial charge < -0.3 is 11.5 Å². The molecule has 1 aromatic carbocycles. The van der Waals surface area contributed by atoms with E-state index in [2.05, 4.69) is 15.1 Å². The molecule has 0 fully saturated rings. The molecule has 3 aromatic heterocycles. The molecule has 0 saturated heterocycles. The first kappa shape index (κ1) is 19.7. The second-order valence-corrected chi connectivity index (χ2v) is 8.08. The minimum absolute atomic E-state index is 0.00208. The average Bonchev–Trinajstić information content (AvgIpc) is 3.22. The highest BCUT2D eigenvalue weighted by Gasteiger charge is 2.27. The lowest BCUT2D eigenvalue weighted by molar-refractivity contribution is 0.0996. The second-order valence-electron chi connectivity index (χ2n) is 7.02. The first-order valence-corrected chi connectivity index (χ1v) is 10.1. The lowest BCUT2D eigenvalue weighted by atomic mass is 9.92. The summed E-state index contributed by atoms with van der Waals surface area (Å²) >= 11 is 1.57. The molecular weight excluding hydrogens is 400 g/mol. The number of nitrogens with zero attached hydrogens (tertiary/aromatic N) is 4. The fourth-order valence-electron chi connectivity index (χ4n) is 3.74.